The largest absolute Gasteiger partial charge is 0.373 e. The molecular formula is C16H29N3O4S. The fraction of sp³-hybridized carbons (Fsp3) is 0.938. The molecule has 8 heteroatoms. The number of amides is 2. The first-order valence-electron chi connectivity index (χ1n) is 8.98. The van der Waals surface area contributed by atoms with Crippen LogP contribution in [0.2, 0.25) is 0 Å². The molecule has 0 radical (unpaired) electrons. The topological polar surface area (TPSA) is 79.0 Å². The molecular weight excluding hydrogens is 330 g/mol. The van der Waals surface area contributed by atoms with Gasteiger partial charge in [0.1, 0.15) is 0 Å². The molecule has 3 aliphatic heterocycles. The van der Waals surface area contributed by atoms with Crippen molar-refractivity contribution in [3.05, 3.63) is 0 Å². The Morgan fingerprint density at radius 3 is 2.54 bits per heavy atom. The number of sulfone groups is 1. The van der Waals surface area contributed by atoms with E-state index in [9.17, 15) is 13.2 Å². The quantitative estimate of drug-likeness (QED) is 0.792. The molecule has 3 rings (SSSR count). The van der Waals surface area contributed by atoms with E-state index in [1.54, 1.807) is 0 Å². The van der Waals surface area contributed by atoms with E-state index in [-0.39, 0.29) is 41.8 Å². The van der Waals surface area contributed by atoms with Gasteiger partial charge in [-0.15, -0.1) is 0 Å². The monoisotopic (exact) mass is 359 g/mol. The van der Waals surface area contributed by atoms with Crippen LogP contribution < -0.4 is 5.32 Å². The van der Waals surface area contributed by atoms with E-state index < -0.39 is 9.84 Å². The van der Waals surface area contributed by atoms with Gasteiger partial charge in [0.15, 0.2) is 9.84 Å². The fourth-order valence-corrected chi connectivity index (χ4v) is 5.86. The van der Waals surface area contributed by atoms with E-state index in [1.807, 2.05) is 4.90 Å². The van der Waals surface area contributed by atoms with Crippen molar-refractivity contribution in [2.75, 3.05) is 37.7 Å². The molecule has 2 amide bonds. The van der Waals surface area contributed by atoms with Crippen LogP contribution in [0.5, 0.6) is 0 Å². The molecule has 0 saturated carbocycles. The van der Waals surface area contributed by atoms with Crippen LogP contribution in [-0.4, -0.2) is 86.2 Å². The minimum Gasteiger partial charge on any atom is -0.373 e. The highest BCUT2D eigenvalue weighted by Crippen LogP contribution is 2.21. The maximum absolute atomic E-state index is 12.6. The average molecular weight is 359 g/mol. The number of morpholine rings is 1. The highest BCUT2D eigenvalue weighted by molar-refractivity contribution is 7.91. The van der Waals surface area contributed by atoms with Crippen molar-refractivity contribution in [2.24, 2.45) is 0 Å². The molecule has 0 aromatic carbocycles. The molecule has 3 aliphatic rings. The van der Waals surface area contributed by atoms with Gasteiger partial charge in [0.05, 0.1) is 23.7 Å². The van der Waals surface area contributed by atoms with E-state index in [0.717, 1.165) is 39.0 Å². The highest BCUT2D eigenvalue weighted by Gasteiger charge is 2.35. The van der Waals surface area contributed by atoms with Gasteiger partial charge in [-0.1, -0.05) is 0 Å². The van der Waals surface area contributed by atoms with Gasteiger partial charge in [0, 0.05) is 38.3 Å². The maximum atomic E-state index is 12.6. The molecule has 4 atom stereocenters. The summed E-state index contributed by atoms with van der Waals surface area (Å²) in [5.74, 6) is 0.265. The Balaban J connectivity index is 1.54. The summed E-state index contributed by atoms with van der Waals surface area (Å²) >= 11 is 0. The van der Waals surface area contributed by atoms with Gasteiger partial charge in [-0.3, -0.25) is 4.90 Å². The van der Waals surface area contributed by atoms with Crippen LogP contribution in [0.15, 0.2) is 0 Å². The summed E-state index contributed by atoms with van der Waals surface area (Å²) in [5, 5.41) is 2.93. The summed E-state index contributed by atoms with van der Waals surface area (Å²) < 4.78 is 28.9. The molecule has 1 N–H and O–H groups in total. The van der Waals surface area contributed by atoms with E-state index in [4.69, 9.17) is 4.74 Å². The smallest absolute Gasteiger partial charge is 0.317 e. The van der Waals surface area contributed by atoms with Crippen LogP contribution in [-0.2, 0) is 14.6 Å². The van der Waals surface area contributed by atoms with Gasteiger partial charge in [0.25, 0.3) is 0 Å². The van der Waals surface area contributed by atoms with Gasteiger partial charge in [-0.25, -0.2) is 13.2 Å². The number of likely N-dealkylation sites (tertiary alicyclic amines) is 1. The summed E-state index contributed by atoms with van der Waals surface area (Å²) in [6.07, 6.45) is 3.00. The average Bonchev–Trinajstić information content (AvgIpc) is 3.04. The number of nitrogens with one attached hydrogen (secondary N) is 1. The van der Waals surface area contributed by atoms with Gasteiger partial charge in [-0.05, 0) is 33.1 Å². The zero-order valence-corrected chi connectivity index (χ0v) is 15.4. The van der Waals surface area contributed by atoms with Crippen LogP contribution in [0.3, 0.4) is 0 Å². The molecule has 24 heavy (non-hydrogen) atoms. The van der Waals surface area contributed by atoms with Crippen LogP contribution in [0, 0.1) is 0 Å². The number of ether oxygens (including phenoxy) is 1. The zero-order chi connectivity index (χ0) is 17.3. The molecule has 0 spiro atoms. The van der Waals surface area contributed by atoms with Crippen LogP contribution in [0.25, 0.3) is 0 Å². The molecule has 0 aromatic rings. The van der Waals surface area contributed by atoms with E-state index >= 15 is 0 Å². The minimum atomic E-state index is -2.97. The summed E-state index contributed by atoms with van der Waals surface area (Å²) in [6.45, 7) is 7.60. The molecule has 3 saturated heterocycles. The standard InChI is InChI=1S/C16H29N3O4S/c1-12-8-18(9-13(2)23-12)10-15-4-3-6-19(15)16(20)17-14-5-7-24(21,22)11-14/h12-15H,3-11H2,1-2H3,(H,17,20)/t12-,13-,14-,15+/m1/s1. The molecule has 0 aliphatic carbocycles. The Labute approximate surface area is 144 Å². The SMILES string of the molecule is C[C@@H]1CN(C[C@@H]2CCCN2C(=O)N[C@@H]2CCS(=O)(=O)C2)C[C@@H](C)O1. The third-order valence-corrected chi connectivity index (χ3v) is 6.93. The molecule has 3 heterocycles. The Hall–Kier alpha value is -0.860. The first-order chi connectivity index (χ1) is 11.3. The van der Waals surface area contributed by atoms with Crippen molar-refractivity contribution < 1.29 is 17.9 Å². The van der Waals surface area contributed by atoms with Gasteiger partial charge in [-0.2, -0.15) is 0 Å². The number of carbonyl (C=O) groups is 1. The van der Waals surface area contributed by atoms with Crippen molar-refractivity contribution in [3.8, 4) is 0 Å². The lowest BCUT2D eigenvalue weighted by Gasteiger charge is -2.38. The van der Waals surface area contributed by atoms with Gasteiger partial charge in [0.2, 0.25) is 0 Å². The van der Waals surface area contributed by atoms with E-state index in [2.05, 4.69) is 24.1 Å². The normalized spacial score (nSPS) is 36.8. The third-order valence-electron chi connectivity index (χ3n) is 5.16. The van der Waals surface area contributed by atoms with Crippen molar-refractivity contribution in [1.82, 2.24) is 15.1 Å². The molecule has 3 fully saturated rings. The van der Waals surface area contributed by atoms with Crippen molar-refractivity contribution in [1.29, 1.82) is 0 Å². The number of rotatable bonds is 3. The zero-order valence-electron chi connectivity index (χ0n) is 14.6. The Kier molecular flexibility index (Phi) is 5.36. The van der Waals surface area contributed by atoms with Crippen LogP contribution in [0.4, 0.5) is 4.79 Å². The van der Waals surface area contributed by atoms with Gasteiger partial charge >= 0.3 is 6.03 Å². The Morgan fingerprint density at radius 2 is 1.92 bits per heavy atom. The Morgan fingerprint density at radius 1 is 1.21 bits per heavy atom. The lowest BCUT2D eigenvalue weighted by molar-refractivity contribution is -0.0713. The van der Waals surface area contributed by atoms with E-state index in [0.29, 0.717) is 6.42 Å². The summed E-state index contributed by atoms with van der Waals surface area (Å²) in [7, 11) is -2.97. The highest BCUT2D eigenvalue weighted by atomic mass is 32.2. The molecule has 7 nitrogen and oxygen atoms in total. The first-order valence-corrected chi connectivity index (χ1v) is 10.8. The summed E-state index contributed by atoms with van der Waals surface area (Å²) in [5.41, 5.74) is 0. The van der Waals surface area contributed by atoms with Crippen LogP contribution in [0.1, 0.15) is 33.1 Å². The van der Waals surface area contributed by atoms with Crippen molar-refractivity contribution >= 4 is 15.9 Å². The second-order valence-corrected chi connectivity index (χ2v) is 9.74. The minimum absolute atomic E-state index is 0.0791. The lowest BCUT2D eigenvalue weighted by Crippen LogP contribution is -2.53. The number of urea groups is 1. The molecule has 0 unspecified atom stereocenters. The maximum Gasteiger partial charge on any atom is 0.317 e. The van der Waals surface area contributed by atoms with E-state index in [1.165, 1.54) is 0 Å². The number of carbonyl (C=O) groups excluding carboxylic acids is 1. The molecule has 0 aromatic heterocycles. The number of hydrogen-bond acceptors (Lipinski definition) is 5. The number of nitrogens with zero attached hydrogens (tertiary/aromatic N) is 2. The fourth-order valence-electron chi connectivity index (χ4n) is 4.19. The summed E-state index contributed by atoms with van der Waals surface area (Å²) in [6, 6.07) is -0.123. The molecule has 138 valence electrons. The second kappa shape index (κ2) is 7.17. The van der Waals surface area contributed by atoms with Crippen molar-refractivity contribution in [2.45, 2.75) is 57.4 Å². The first kappa shape index (κ1) is 17.9. The van der Waals surface area contributed by atoms with Crippen LogP contribution >= 0.6 is 0 Å². The third kappa shape index (κ3) is 4.40. The van der Waals surface area contributed by atoms with Gasteiger partial charge < -0.3 is 15.0 Å². The Bertz CT molecular complexity index is 558. The summed E-state index contributed by atoms with van der Waals surface area (Å²) in [4.78, 5) is 16.9. The second-order valence-electron chi connectivity index (χ2n) is 7.51. The number of hydrogen-bond donors (Lipinski definition) is 1. The predicted octanol–water partition coefficient (Wildman–Crippen LogP) is 0.457. The van der Waals surface area contributed by atoms with Crippen molar-refractivity contribution in [3.63, 3.8) is 0 Å². The predicted molar refractivity (Wildman–Crippen MR) is 91.8 cm³/mol. The molecule has 0 bridgehead atoms. The lowest BCUT2D eigenvalue weighted by atomic mass is 10.1.